The molecule has 0 aliphatic carbocycles. The maximum atomic E-state index is 13.2. The van der Waals surface area contributed by atoms with Crippen molar-refractivity contribution in [1.82, 2.24) is 0 Å². The van der Waals surface area contributed by atoms with Crippen molar-refractivity contribution in [1.29, 1.82) is 0 Å². The van der Waals surface area contributed by atoms with Crippen LogP contribution in [0.1, 0.15) is 24.5 Å². The van der Waals surface area contributed by atoms with Crippen molar-refractivity contribution < 1.29 is 4.39 Å². The molecule has 1 aromatic carbocycles. The molecule has 0 aliphatic rings. The molecular formula is C13H17Br2F. The Balaban J connectivity index is 2.97. The molecule has 0 aliphatic heterocycles. The summed E-state index contributed by atoms with van der Waals surface area (Å²) in [6, 6.07) is 5.04. The first kappa shape index (κ1) is 14.2. The Labute approximate surface area is 114 Å². The van der Waals surface area contributed by atoms with Gasteiger partial charge in [0.2, 0.25) is 0 Å². The van der Waals surface area contributed by atoms with E-state index in [0.717, 1.165) is 29.1 Å². The molecule has 3 heteroatoms. The predicted molar refractivity (Wildman–Crippen MR) is 75.2 cm³/mol. The molecule has 0 N–H and O–H groups in total. The van der Waals surface area contributed by atoms with Crippen LogP contribution in [0, 0.1) is 18.2 Å². The van der Waals surface area contributed by atoms with Crippen molar-refractivity contribution in [3.63, 3.8) is 0 Å². The first-order valence-corrected chi connectivity index (χ1v) is 7.68. The monoisotopic (exact) mass is 350 g/mol. The van der Waals surface area contributed by atoms with E-state index in [1.54, 1.807) is 6.07 Å². The van der Waals surface area contributed by atoms with Crippen molar-refractivity contribution in [3.05, 3.63) is 35.1 Å². The van der Waals surface area contributed by atoms with Gasteiger partial charge in [0.25, 0.3) is 0 Å². The second-order valence-corrected chi connectivity index (χ2v) is 5.49. The molecule has 90 valence electrons. The summed E-state index contributed by atoms with van der Waals surface area (Å²) in [7, 11) is 0. The Morgan fingerprint density at radius 3 is 2.38 bits per heavy atom. The van der Waals surface area contributed by atoms with Crippen LogP contribution in [0.5, 0.6) is 0 Å². The van der Waals surface area contributed by atoms with E-state index in [4.69, 9.17) is 0 Å². The lowest BCUT2D eigenvalue weighted by Gasteiger charge is -2.29. The van der Waals surface area contributed by atoms with Gasteiger partial charge in [-0.3, -0.25) is 0 Å². The van der Waals surface area contributed by atoms with E-state index in [0.29, 0.717) is 0 Å². The van der Waals surface area contributed by atoms with Gasteiger partial charge in [-0.1, -0.05) is 44.8 Å². The van der Waals surface area contributed by atoms with Gasteiger partial charge in [-0.25, -0.2) is 4.39 Å². The van der Waals surface area contributed by atoms with Crippen molar-refractivity contribution in [2.24, 2.45) is 5.41 Å². The summed E-state index contributed by atoms with van der Waals surface area (Å²) in [4.78, 5) is 0. The van der Waals surface area contributed by atoms with E-state index in [-0.39, 0.29) is 11.2 Å². The molecule has 0 amide bonds. The highest BCUT2D eigenvalue weighted by Gasteiger charge is 2.26. The second kappa shape index (κ2) is 6.15. The molecule has 0 atom stereocenters. The molecule has 16 heavy (non-hydrogen) atoms. The SMILES string of the molecule is CCC(CBr)(CBr)Cc1cc(F)ccc1C. The van der Waals surface area contributed by atoms with Gasteiger partial charge in [-0.05, 0) is 48.4 Å². The lowest BCUT2D eigenvalue weighted by molar-refractivity contribution is 0.372. The van der Waals surface area contributed by atoms with Gasteiger partial charge in [0.05, 0.1) is 0 Å². The predicted octanol–water partition coefficient (Wildman–Crippen LogP) is 4.86. The molecular weight excluding hydrogens is 335 g/mol. The quantitative estimate of drug-likeness (QED) is 0.664. The Hall–Kier alpha value is 0.110. The fourth-order valence-electron chi connectivity index (χ4n) is 1.68. The Morgan fingerprint density at radius 2 is 1.88 bits per heavy atom. The summed E-state index contributed by atoms with van der Waals surface area (Å²) >= 11 is 7.14. The lowest BCUT2D eigenvalue weighted by atomic mass is 9.82. The van der Waals surface area contributed by atoms with Crippen molar-refractivity contribution >= 4 is 31.9 Å². The number of hydrogen-bond donors (Lipinski definition) is 0. The smallest absolute Gasteiger partial charge is 0.123 e. The molecule has 0 aromatic heterocycles. The number of alkyl halides is 2. The molecule has 0 spiro atoms. The summed E-state index contributed by atoms with van der Waals surface area (Å²) in [6.45, 7) is 4.22. The molecule has 0 radical (unpaired) electrons. The Kier molecular flexibility index (Phi) is 5.45. The molecule has 0 bridgehead atoms. The first-order valence-electron chi connectivity index (χ1n) is 5.44. The molecule has 0 saturated heterocycles. The minimum Gasteiger partial charge on any atom is -0.207 e. The zero-order valence-electron chi connectivity index (χ0n) is 9.69. The highest BCUT2D eigenvalue weighted by atomic mass is 79.9. The van der Waals surface area contributed by atoms with Gasteiger partial charge in [0, 0.05) is 10.7 Å². The second-order valence-electron chi connectivity index (χ2n) is 4.37. The zero-order valence-corrected chi connectivity index (χ0v) is 12.9. The minimum absolute atomic E-state index is 0.144. The van der Waals surface area contributed by atoms with E-state index in [2.05, 4.69) is 38.8 Å². The van der Waals surface area contributed by atoms with Crippen LogP contribution < -0.4 is 0 Å². The van der Waals surface area contributed by atoms with Crippen LogP contribution in [-0.4, -0.2) is 10.7 Å². The fourth-order valence-corrected chi connectivity index (χ4v) is 3.80. The maximum Gasteiger partial charge on any atom is 0.123 e. The van der Waals surface area contributed by atoms with E-state index in [1.165, 1.54) is 11.6 Å². The number of benzene rings is 1. The standard InChI is InChI=1S/C13H17Br2F/c1-3-13(8-14,9-15)7-11-6-12(16)5-4-10(11)2/h4-6H,3,7-9H2,1-2H3. The van der Waals surface area contributed by atoms with E-state index in [9.17, 15) is 4.39 Å². The average Bonchev–Trinajstić information content (AvgIpc) is 2.31. The third kappa shape index (κ3) is 3.30. The molecule has 0 nitrogen and oxygen atoms in total. The van der Waals surface area contributed by atoms with Gasteiger partial charge < -0.3 is 0 Å². The molecule has 0 unspecified atom stereocenters. The van der Waals surface area contributed by atoms with Crippen LogP contribution in [0.4, 0.5) is 4.39 Å². The molecule has 1 rings (SSSR count). The largest absolute Gasteiger partial charge is 0.207 e. The van der Waals surface area contributed by atoms with Gasteiger partial charge in [-0.15, -0.1) is 0 Å². The fraction of sp³-hybridized carbons (Fsp3) is 0.538. The van der Waals surface area contributed by atoms with Crippen molar-refractivity contribution in [3.8, 4) is 0 Å². The van der Waals surface area contributed by atoms with E-state index < -0.39 is 0 Å². The topological polar surface area (TPSA) is 0 Å². The highest BCUT2D eigenvalue weighted by molar-refractivity contribution is 9.09. The van der Waals surface area contributed by atoms with Crippen LogP contribution in [0.15, 0.2) is 18.2 Å². The molecule has 0 heterocycles. The Morgan fingerprint density at radius 1 is 1.25 bits per heavy atom. The average molecular weight is 352 g/mol. The Bertz CT molecular complexity index is 338. The number of hydrogen-bond acceptors (Lipinski definition) is 0. The minimum atomic E-state index is -0.144. The third-order valence-corrected chi connectivity index (χ3v) is 5.57. The van der Waals surface area contributed by atoms with E-state index in [1.807, 2.05) is 13.0 Å². The van der Waals surface area contributed by atoms with Crippen LogP contribution in [0.3, 0.4) is 0 Å². The van der Waals surface area contributed by atoms with Gasteiger partial charge in [0.1, 0.15) is 5.82 Å². The highest BCUT2D eigenvalue weighted by Crippen LogP contribution is 2.32. The van der Waals surface area contributed by atoms with E-state index >= 15 is 0 Å². The number of halogens is 3. The van der Waals surface area contributed by atoms with Gasteiger partial charge in [-0.2, -0.15) is 0 Å². The number of rotatable bonds is 5. The van der Waals surface area contributed by atoms with Crippen LogP contribution in [0.25, 0.3) is 0 Å². The van der Waals surface area contributed by atoms with Crippen molar-refractivity contribution in [2.45, 2.75) is 26.7 Å². The lowest BCUT2D eigenvalue weighted by Crippen LogP contribution is -2.27. The first-order chi connectivity index (χ1) is 7.56. The summed E-state index contributed by atoms with van der Waals surface area (Å²) < 4.78 is 13.2. The van der Waals surface area contributed by atoms with Gasteiger partial charge >= 0.3 is 0 Å². The maximum absolute atomic E-state index is 13.2. The normalized spacial score (nSPS) is 11.8. The summed E-state index contributed by atoms with van der Waals surface area (Å²) in [5.74, 6) is -0.144. The van der Waals surface area contributed by atoms with Crippen LogP contribution in [0.2, 0.25) is 0 Å². The summed E-state index contributed by atoms with van der Waals surface area (Å²) in [5.41, 5.74) is 2.46. The van der Waals surface area contributed by atoms with Crippen molar-refractivity contribution in [2.75, 3.05) is 10.7 Å². The summed E-state index contributed by atoms with van der Waals surface area (Å²) in [6.07, 6.45) is 1.98. The van der Waals surface area contributed by atoms with Gasteiger partial charge in [0.15, 0.2) is 0 Å². The third-order valence-electron chi connectivity index (χ3n) is 3.19. The van der Waals surface area contributed by atoms with Crippen LogP contribution >= 0.6 is 31.9 Å². The van der Waals surface area contributed by atoms with Crippen LogP contribution in [-0.2, 0) is 6.42 Å². The molecule has 0 saturated carbocycles. The number of aryl methyl sites for hydroxylation is 1. The zero-order chi connectivity index (χ0) is 12.2. The molecule has 1 aromatic rings. The summed E-state index contributed by atoms with van der Waals surface area (Å²) in [5, 5.41) is 1.86. The molecule has 0 fully saturated rings.